The van der Waals surface area contributed by atoms with E-state index in [4.69, 9.17) is 9.47 Å². The van der Waals surface area contributed by atoms with Crippen molar-refractivity contribution < 1.29 is 31.9 Å². The molecule has 0 spiro atoms. The maximum atomic E-state index is 12.8. The Morgan fingerprint density at radius 3 is 2.55 bits per heavy atom. The Labute approximate surface area is 188 Å². The molecule has 0 aliphatic carbocycles. The first-order valence-corrected chi connectivity index (χ1v) is 10.3. The third kappa shape index (κ3) is 4.55. The van der Waals surface area contributed by atoms with Crippen molar-refractivity contribution in [2.75, 3.05) is 7.11 Å². The smallest absolute Gasteiger partial charge is 0.439 e. The molecule has 0 atom stereocenters. The van der Waals surface area contributed by atoms with Crippen molar-refractivity contribution in [3.8, 4) is 33.5 Å². The van der Waals surface area contributed by atoms with Crippen molar-refractivity contribution >= 4 is 11.3 Å². The van der Waals surface area contributed by atoms with Gasteiger partial charge in [0.1, 0.15) is 23.0 Å². The zero-order chi connectivity index (χ0) is 23.8. The maximum absolute atomic E-state index is 12.8. The molecule has 0 saturated heterocycles. The van der Waals surface area contributed by atoms with Crippen molar-refractivity contribution in [3.63, 3.8) is 0 Å². The van der Waals surface area contributed by atoms with Crippen LogP contribution < -0.4 is 20.0 Å². The summed E-state index contributed by atoms with van der Waals surface area (Å²) in [6.07, 6.45) is -4.45. The Morgan fingerprint density at radius 1 is 1.21 bits per heavy atom. The topological polar surface area (TPSA) is 104 Å². The average Bonchev–Trinajstić information content (AvgIpc) is 3.35. The fourth-order valence-corrected chi connectivity index (χ4v) is 4.12. The summed E-state index contributed by atoms with van der Waals surface area (Å²) in [7, 11) is 1.45. The highest BCUT2D eigenvalue weighted by molar-refractivity contribution is 7.14. The number of H-pyrrole nitrogens is 1. The van der Waals surface area contributed by atoms with Gasteiger partial charge in [0.25, 0.3) is 5.01 Å². The molecule has 2 aromatic carbocycles. The predicted octanol–water partition coefficient (Wildman–Crippen LogP) is 4.31. The van der Waals surface area contributed by atoms with Gasteiger partial charge in [-0.15, -0.1) is 0 Å². The first-order chi connectivity index (χ1) is 15.7. The molecule has 8 nitrogen and oxygen atoms in total. The van der Waals surface area contributed by atoms with Crippen molar-refractivity contribution in [1.82, 2.24) is 10.1 Å². The van der Waals surface area contributed by atoms with Crippen LogP contribution in [0.2, 0.25) is 0 Å². The number of rotatable bonds is 6. The molecule has 4 rings (SSSR count). The van der Waals surface area contributed by atoms with E-state index in [1.54, 1.807) is 25.1 Å². The molecule has 172 valence electrons. The van der Waals surface area contributed by atoms with E-state index in [1.807, 2.05) is 0 Å². The van der Waals surface area contributed by atoms with E-state index in [2.05, 4.69) is 14.7 Å². The molecular weight excluding hydrogens is 463 g/mol. The van der Waals surface area contributed by atoms with Gasteiger partial charge in [-0.05, 0) is 36.4 Å². The summed E-state index contributed by atoms with van der Waals surface area (Å²) in [6.45, 7) is 1.67. The van der Waals surface area contributed by atoms with Gasteiger partial charge in [-0.2, -0.15) is 17.9 Å². The van der Waals surface area contributed by atoms with Gasteiger partial charge >= 0.3 is 11.9 Å². The minimum atomic E-state index is -4.45. The Hall–Kier alpha value is -3.80. The Balaban J connectivity index is 1.54. The molecule has 0 saturated carbocycles. The van der Waals surface area contributed by atoms with E-state index in [0.717, 1.165) is 23.5 Å². The highest BCUT2D eigenvalue weighted by Gasteiger charge is 2.30. The highest BCUT2D eigenvalue weighted by atomic mass is 32.1. The number of aromatic nitrogens is 3. The third-order valence-electron chi connectivity index (χ3n) is 4.81. The number of benzene rings is 2. The van der Waals surface area contributed by atoms with Gasteiger partial charge in [0.2, 0.25) is 5.69 Å². The third-order valence-corrected chi connectivity index (χ3v) is 6.06. The summed E-state index contributed by atoms with van der Waals surface area (Å²) in [5.74, 6) is 0.313. The number of aromatic amines is 1. The van der Waals surface area contributed by atoms with Gasteiger partial charge < -0.3 is 14.7 Å². The number of halogens is 3. The van der Waals surface area contributed by atoms with Gasteiger partial charge in [0, 0.05) is 13.0 Å². The first-order valence-electron chi connectivity index (χ1n) is 9.44. The minimum Gasteiger partial charge on any atom is -0.617 e. The van der Waals surface area contributed by atoms with E-state index in [1.165, 1.54) is 19.2 Å². The highest BCUT2D eigenvalue weighted by Crippen LogP contribution is 2.34. The van der Waals surface area contributed by atoms with Gasteiger partial charge in [-0.25, -0.2) is 4.79 Å². The molecule has 0 fully saturated rings. The van der Waals surface area contributed by atoms with Crippen LogP contribution in [-0.2, 0) is 12.8 Å². The van der Waals surface area contributed by atoms with Gasteiger partial charge in [-0.3, -0.25) is 9.51 Å². The summed E-state index contributed by atoms with van der Waals surface area (Å²) in [5, 5.41) is 16.5. The predicted molar refractivity (Wildman–Crippen MR) is 112 cm³/mol. The van der Waals surface area contributed by atoms with E-state index in [9.17, 15) is 23.2 Å². The lowest BCUT2D eigenvalue weighted by molar-refractivity contribution is -0.596. The van der Waals surface area contributed by atoms with Crippen molar-refractivity contribution in [3.05, 3.63) is 74.4 Å². The number of nitrogens with one attached hydrogen (secondary N) is 1. The molecule has 33 heavy (non-hydrogen) atoms. The molecule has 2 heterocycles. The molecule has 1 N–H and O–H groups in total. The van der Waals surface area contributed by atoms with Crippen molar-refractivity contribution in [2.24, 2.45) is 0 Å². The summed E-state index contributed by atoms with van der Waals surface area (Å²) in [4.78, 5) is 14.2. The number of hydrogen-bond acceptors (Lipinski definition) is 7. The number of nitrogens with zero attached hydrogens (tertiary/aromatic N) is 2. The summed E-state index contributed by atoms with van der Waals surface area (Å²) >= 11 is 1.14. The Morgan fingerprint density at radius 2 is 1.94 bits per heavy atom. The minimum absolute atomic E-state index is 0.0582. The van der Waals surface area contributed by atoms with Gasteiger partial charge in [0.05, 0.1) is 23.8 Å². The molecule has 0 unspecified atom stereocenters. The van der Waals surface area contributed by atoms with Crippen LogP contribution in [0.1, 0.15) is 16.1 Å². The van der Waals surface area contributed by atoms with Crippen LogP contribution in [0.3, 0.4) is 0 Å². The van der Waals surface area contributed by atoms with Crippen molar-refractivity contribution in [1.29, 1.82) is 0 Å². The van der Waals surface area contributed by atoms with Crippen LogP contribution in [0.5, 0.6) is 11.5 Å². The second kappa shape index (κ2) is 8.62. The molecule has 2 aromatic heterocycles. The van der Waals surface area contributed by atoms with Crippen LogP contribution >= 0.6 is 11.3 Å². The first kappa shape index (κ1) is 22.4. The van der Waals surface area contributed by atoms with Crippen molar-refractivity contribution in [2.45, 2.75) is 19.7 Å². The number of methoxy groups -OCH3 is 1. The number of ether oxygens (including phenoxy) is 2. The fourth-order valence-electron chi connectivity index (χ4n) is 3.06. The molecular formula is C21H16F3N3O5S. The number of alkyl halides is 3. The number of thiazole rings is 1. The maximum Gasteiger partial charge on any atom is 0.439 e. The lowest BCUT2D eigenvalue weighted by atomic mass is 10.1. The Bertz CT molecular complexity index is 1340. The fraction of sp³-hybridized carbons (Fsp3) is 0.190. The molecule has 0 aliphatic heterocycles. The van der Waals surface area contributed by atoms with Crippen LogP contribution in [0, 0.1) is 12.1 Å². The van der Waals surface area contributed by atoms with Gasteiger partial charge in [-0.1, -0.05) is 16.5 Å². The lowest BCUT2D eigenvalue weighted by Gasteiger charge is -2.09. The number of hydrogen-bond donors (Lipinski definition) is 1. The quantitative estimate of drug-likeness (QED) is 0.327. The van der Waals surface area contributed by atoms with Crippen LogP contribution in [0.4, 0.5) is 13.2 Å². The van der Waals surface area contributed by atoms with E-state index < -0.39 is 17.5 Å². The standard InChI is InChI=1S/C21H16F3N3O5S/c1-11-17(33-19(27(11)29)12-3-5-13(6-4-12)21(22,23)24)10-31-14-7-8-15(16(9-14)30-2)18-25-20(28)32-26-18/h3-9H,10H2,1-2H3,(H,25,26,28). The second-order valence-corrected chi connectivity index (χ2v) is 7.96. The van der Waals surface area contributed by atoms with Crippen LogP contribution in [-0.4, -0.2) is 17.3 Å². The molecule has 0 amide bonds. The summed E-state index contributed by atoms with van der Waals surface area (Å²) < 4.78 is 54.7. The SMILES string of the molecule is COc1cc(OCc2sc(-c3ccc(C(F)(F)F)cc3)[n+]([O-])c2C)ccc1-c1noc(=O)[nH]1. The lowest BCUT2D eigenvalue weighted by Crippen LogP contribution is -2.29. The molecule has 0 radical (unpaired) electrons. The molecule has 12 heteroatoms. The molecule has 0 bridgehead atoms. The zero-order valence-electron chi connectivity index (χ0n) is 17.2. The second-order valence-electron chi connectivity index (χ2n) is 6.88. The van der Waals surface area contributed by atoms with Gasteiger partial charge in [0.15, 0.2) is 5.82 Å². The molecule has 4 aromatic rings. The van der Waals surface area contributed by atoms with E-state index in [-0.39, 0.29) is 17.4 Å². The summed E-state index contributed by atoms with van der Waals surface area (Å²) in [6, 6.07) is 9.27. The monoisotopic (exact) mass is 479 g/mol. The van der Waals surface area contributed by atoms with Crippen LogP contribution in [0.15, 0.2) is 51.8 Å². The average molecular weight is 479 g/mol. The zero-order valence-corrected chi connectivity index (χ0v) is 18.0. The Kier molecular flexibility index (Phi) is 5.85. The molecule has 0 aliphatic rings. The van der Waals surface area contributed by atoms with E-state index in [0.29, 0.717) is 37.9 Å². The normalized spacial score (nSPS) is 11.5. The summed E-state index contributed by atoms with van der Waals surface area (Å²) in [5.41, 5.74) is 0.473. The van der Waals surface area contributed by atoms with Crippen LogP contribution in [0.25, 0.3) is 22.0 Å². The largest absolute Gasteiger partial charge is 0.617 e. The van der Waals surface area contributed by atoms with E-state index >= 15 is 0 Å².